The van der Waals surface area contributed by atoms with Crippen molar-refractivity contribution in [2.45, 2.75) is 71.6 Å². The molecule has 0 saturated carbocycles. The number of rotatable bonds is 12. The van der Waals surface area contributed by atoms with Crippen molar-refractivity contribution in [3.63, 3.8) is 0 Å². The number of hydrogen-bond donors (Lipinski definition) is 3. The van der Waals surface area contributed by atoms with Gasteiger partial charge in [0.15, 0.2) is 0 Å². The minimum absolute atomic E-state index is 0.128. The molecule has 0 bridgehead atoms. The molecule has 6 heteroatoms. The Morgan fingerprint density at radius 1 is 0.968 bits per heavy atom. The maximum atomic E-state index is 13.5. The molecule has 1 amide bonds. The number of aliphatic hydroxyl groups excluding tert-OH is 1. The van der Waals surface area contributed by atoms with Crippen LogP contribution in [-0.2, 0) is 30.6 Å². The van der Waals surface area contributed by atoms with Crippen LogP contribution in [0.2, 0.25) is 0 Å². The molecule has 0 aromatic heterocycles. The standard InChI is InChI=1S/C25H34F2N2O2/c1-4-6-20-9-8-18(10-21(20)7-5-2)15-28-16-25(31)24(29-17(3)30)13-19-11-22(26)14-23(27)12-19/h8-12,14,24-25,28,31H,4-7,13,15-16H2,1-3H3,(H,29,30)/t24-,25+/m0/s1. The lowest BCUT2D eigenvalue weighted by Crippen LogP contribution is -2.48. The quantitative estimate of drug-likeness (QED) is 0.474. The number of hydrogen-bond acceptors (Lipinski definition) is 3. The largest absolute Gasteiger partial charge is 0.390 e. The average molecular weight is 433 g/mol. The van der Waals surface area contributed by atoms with Gasteiger partial charge in [0.05, 0.1) is 12.1 Å². The highest BCUT2D eigenvalue weighted by Gasteiger charge is 2.21. The lowest BCUT2D eigenvalue weighted by molar-refractivity contribution is -0.120. The summed E-state index contributed by atoms with van der Waals surface area (Å²) in [5.41, 5.74) is 4.28. The number of carbonyl (C=O) groups excluding carboxylic acids is 1. The fourth-order valence-corrected chi connectivity index (χ4v) is 3.84. The van der Waals surface area contributed by atoms with E-state index < -0.39 is 23.8 Å². The van der Waals surface area contributed by atoms with Crippen molar-refractivity contribution >= 4 is 5.91 Å². The van der Waals surface area contributed by atoms with Crippen LogP contribution >= 0.6 is 0 Å². The smallest absolute Gasteiger partial charge is 0.217 e. The number of halogens is 2. The Morgan fingerprint density at radius 3 is 2.23 bits per heavy atom. The van der Waals surface area contributed by atoms with Crippen molar-refractivity contribution in [3.05, 3.63) is 70.3 Å². The second-order valence-electron chi connectivity index (χ2n) is 8.09. The first-order chi connectivity index (χ1) is 14.8. The van der Waals surface area contributed by atoms with E-state index in [1.54, 1.807) is 0 Å². The average Bonchev–Trinajstić information content (AvgIpc) is 2.68. The number of carbonyl (C=O) groups is 1. The zero-order valence-electron chi connectivity index (χ0n) is 18.7. The Hall–Kier alpha value is -2.31. The van der Waals surface area contributed by atoms with Crippen LogP contribution < -0.4 is 10.6 Å². The van der Waals surface area contributed by atoms with Gasteiger partial charge in [-0.15, -0.1) is 0 Å². The molecule has 0 saturated heterocycles. The molecule has 31 heavy (non-hydrogen) atoms. The Morgan fingerprint density at radius 2 is 1.61 bits per heavy atom. The highest BCUT2D eigenvalue weighted by atomic mass is 19.1. The third-order valence-corrected chi connectivity index (χ3v) is 5.22. The Balaban J connectivity index is 1.99. The molecule has 2 rings (SSSR count). The van der Waals surface area contributed by atoms with Crippen LogP contribution in [0, 0.1) is 11.6 Å². The first-order valence-corrected chi connectivity index (χ1v) is 11.0. The van der Waals surface area contributed by atoms with E-state index in [1.165, 1.54) is 30.2 Å². The minimum Gasteiger partial charge on any atom is -0.390 e. The number of aliphatic hydroxyl groups is 1. The number of benzene rings is 2. The van der Waals surface area contributed by atoms with Gasteiger partial charge in [-0.05, 0) is 53.6 Å². The Labute approximate surface area is 184 Å². The van der Waals surface area contributed by atoms with Gasteiger partial charge >= 0.3 is 0 Å². The maximum Gasteiger partial charge on any atom is 0.217 e. The number of nitrogens with one attached hydrogen (secondary N) is 2. The third-order valence-electron chi connectivity index (χ3n) is 5.22. The van der Waals surface area contributed by atoms with E-state index in [0.29, 0.717) is 12.1 Å². The maximum absolute atomic E-state index is 13.5. The number of aryl methyl sites for hydroxylation is 2. The van der Waals surface area contributed by atoms with Crippen LogP contribution in [0.25, 0.3) is 0 Å². The van der Waals surface area contributed by atoms with Gasteiger partial charge < -0.3 is 15.7 Å². The molecule has 0 aliphatic heterocycles. The monoisotopic (exact) mass is 432 g/mol. The number of amides is 1. The fraction of sp³-hybridized carbons (Fsp3) is 0.480. The molecular weight excluding hydrogens is 398 g/mol. The van der Waals surface area contributed by atoms with E-state index in [0.717, 1.165) is 37.3 Å². The van der Waals surface area contributed by atoms with Crippen molar-refractivity contribution in [1.29, 1.82) is 0 Å². The van der Waals surface area contributed by atoms with Gasteiger partial charge in [-0.2, -0.15) is 0 Å². The molecule has 0 radical (unpaired) electrons. The van der Waals surface area contributed by atoms with E-state index >= 15 is 0 Å². The van der Waals surface area contributed by atoms with Gasteiger partial charge in [-0.25, -0.2) is 8.78 Å². The molecule has 4 nitrogen and oxygen atoms in total. The van der Waals surface area contributed by atoms with Gasteiger partial charge in [0, 0.05) is 26.1 Å². The summed E-state index contributed by atoms with van der Waals surface area (Å²) in [6.07, 6.45) is 3.53. The van der Waals surface area contributed by atoms with Gasteiger partial charge in [-0.1, -0.05) is 44.9 Å². The summed E-state index contributed by atoms with van der Waals surface area (Å²) < 4.78 is 27.0. The normalized spacial score (nSPS) is 13.1. The Kier molecular flexibility index (Phi) is 10.1. The van der Waals surface area contributed by atoms with Crippen molar-refractivity contribution in [1.82, 2.24) is 10.6 Å². The molecule has 0 aliphatic carbocycles. The van der Waals surface area contributed by atoms with Crippen LogP contribution in [0.15, 0.2) is 36.4 Å². The van der Waals surface area contributed by atoms with Crippen LogP contribution in [0.1, 0.15) is 55.9 Å². The van der Waals surface area contributed by atoms with Gasteiger partial charge in [0.2, 0.25) is 5.91 Å². The predicted molar refractivity (Wildman–Crippen MR) is 120 cm³/mol. The topological polar surface area (TPSA) is 61.4 Å². The molecule has 0 aliphatic rings. The van der Waals surface area contributed by atoms with Crippen molar-refractivity contribution in [2.75, 3.05) is 6.54 Å². The molecule has 0 heterocycles. The third kappa shape index (κ3) is 8.38. The minimum atomic E-state index is -0.912. The summed E-state index contributed by atoms with van der Waals surface area (Å²) in [7, 11) is 0. The van der Waals surface area contributed by atoms with E-state index in [-0.39, 0.29) is 18.9 Å². The lowest BCUT2D eigenvalue weighted by Gasteiger charge is -2.24. The van der Waals surface area contributed by atoms with Crippen molar-refractivity contribution < 1.29 is 18.7 Å². The first-order valence-electron chi connectivity index (χ1n) is 11.0. The summed E-state index contributed by atoms with van der Waals surface area (Å²) in [5, 5.41) is 16.5. The van der Waals surface area contributed by atoms with Crippen molar-refractivity contribution in [2.24, 2.45) is 0 Å². The molecule has 0 spiro atoms. The van der Waals surface area contributed by atoms with Crippen LogP contribution in [0.4, 0.5) is 8.78 Å². The van der Waals surface area contributed by atoms with Crippen LogP contribution in [-0.4, -0.2) is 29.7 Å². The van der Waals surface area contributed by atoms with E-state index in [9.17, 15) is 18.7 Å². The van der Waals surface area contributed by atoms with Gasteiger partial charge in [0.25, 0.3) is 0 Å². The summed E-state index contributed by atoms with van der Waals surface area (Å²) in [6.45, 7) is 6.52. The fourth-order valence-electron chi connectivity index (χ4n) is 3.84. The van der Waals surface area contributed by atoms with Crippen LogP contribution in [0.3, 0.4) is 0 Å². The first kappa shape index (κ1) is 25.0. The molecular formula is C25H34F2N2O2. The molecule has 3 N–H and O–H groups in total. The van der Waals surface area contributed by atoms with Gasteiger partial charge in [0.1, 0.15) is 11.6 Å². The molecule has 2 aromatic carbocycles. The molecule has 2 atom stereocenters. The van der Waals surface area contributed by atoms with E-state index in [2.05, 4.69) is 42.7 Å². The van der Waals surface area contributed by atoms with Crippen molar-refractivity contribution in [3.8, 4) is 0 Å². The molecule has 0 fully saturated rings. The predicted octanol–water partition coefficient (Wildman–Crippen LogP) is 4.07. The molecule has 170 valence electrons. The van der Waals surface area contributed by atoms with E-state index in [4.69, 9.17) is 0 Å². The highest BCUT2D eigenvalue weighted by Crippen LogP contribution is 2.17. The molecule has 2 aromatic rings. The SMILES string of the molecule is CCCc1ccc(CNC[C@@H](O)[C@H](Cc2cc(F)cc(F)c2)NC(C)=O)cc1CCC. The highest BCUT2D eigenvalue weighted by molar-refractivity contribution is 5.73. The zero-order valence-corrected chi connectivity index (χ0v) is 18.7. The van der Waals surface area contributed by atoms with E-state index in [1.807, 2.05) is 0 Å². The molecule has 0 unspecified atom stereocenters. The summed E-state index contributed by atoms with van der Waals surface area (Å²) >= 11 is 0. The second-order valence-corrected chi connectivity index (χ2v) is 8.09. The zero-order chi connectivity index (χ0) is 22.8. The van der Waals surface area contributed by atoms with Crippen LogP contribution in [0.5, 0.6) is 0 Å². The summed E-state index contributed by atoms with van der Waals surface area (Å²) in [5.74, 6) is -1.67. The Bertz CT molecular complexity index is 837. The lowest BCUT2D eigenvalue weighted by atomic mass is 9.97. The summed E-state index contributed by atoms with van der Waals surface area (Å²) in [6, 6.07) is 9.07. The summed E-state index contributed by atoms with van der Waals surface area (Å²) in [4.78, 5) is 11.6. The second kappa shape index (κ2) is 12.5. The van der Waals surface area contributed by atoms with Gasteiger partial charge in [-0.3, -0.25) is 4.79 Å².